The minimum absolute atomic E-state index is 0.245. The van der Waals surface area contributed by atoms with Crippen LogP contribution in [-0.2, 0) is 11.3 Å². The van der Waals surface area contributed by atoms with E-state index in [0.717, 1.165) is 5.69 Å². The lowest BCUT2D eigenvalue weighted by molar-refractivity contribution is 0.0657. The third-order valence-corrected chi connectivity index (χ3v) is 3.90. The van der Waals surface area contributed by atoms with E-state index >= 15 is 0 Å². The van der Waals surface area contributed by atoms with Gasteiger partial charge in [0.1, 0.15) is 5.76 Å². The van der Waals surface area contributed by atoms with Crippen LogP contribution < -0.4 is 4.74 Å². The first-order valence-corrected chi connectivity index (χ1v) is 8.22. The molecule has 0 aliphatic carbocycles. The Morgan fingerprint density at radius 3 is 2.65 bits per heavy atom. The summed E-state index contributed by atoms with van der Waals surface area (Å²) >= 11 is 0. The van der Waals surface area contributed by atoms with Gasteiger partial charge in [0.25, 0.3) is 5.91 Å². The van der Waals surface area contributed by atoms with Crippen molar-refractivity contribution in [1.29, 1.82) is 0 Å². The van der Waals surface area contributed by atoms with Crippen molar-refractivity contribution >= 4 is 5.91 Å². The number of hydrogen-bond donors (Lipinski definition) is 0. The van der Waals surface area contributed by atoms with Gasteiger partial charge in [0.05, 0.1) is 38.4 Å². The zero-order valence-corrected chi connectivity index (χ0v) is 14.8. The van der Waals surface area contributed by atoms with Crippen LogP contribution in [0.3, 0.4) is 0 Å². The SMILES string of the molecule is COCCN(Cc1ccco1)C(=O)c1nn(-c2ccccc2)cc1OC. The standard InChI is InChI=1S/C19H21N3O4/c1-24-12-10-21(13-16-9-6-11-26-16)19(23)18-17(25-2)14-22(20-18)15-7-4-3-5-8-15/h3-9,11,14H,10,12-13H2,1-2H3. The van der Waals surface area contributed by atoms with E-state index < -0.39 is 0 Å². The molecule has 2 heterocycles. The maximum Gasteiger partial charge on any atom is 0.278 e. The van der Waals surface area contributed by atoms with Crippen molar-refractivity contribution in [1.82, 2.24) is 14.7 Å². The highest BCUT2D eigenvalue weighted by Gasteiger charge is 2.24. The molecule has 7 nitrogen and oxygen atoms in total. The molecule has 0 N–H and O–H groups in total. The molecular formula is C19H21N3O4. The quantitative estimate of drug-likeness (QED) is 0.621. The zero-order chi connectivity index (χ0) is 18.4. The number of carbonyl (C=O) groups excluding carboxylic acids is 1. The summed E-state index contributed by atoms with van der Waals surface area (Å²) in [4.78, 5) is 14.7. The molecule has 0 aliphatic heterocycles. The molecule has 1 amide bonds. The number of methoxy groups -OCH3 is 2. The van der Waals surface area contributed by atoms with Crippen molar-refractivity contribution in [3.8, 4) is 11.4 Å². The molecule has 0 atom stereocenters. The maximum atomic E-state index is 13.1. The fourth-order valence-corrected chi connectivity index (χ4v) is 2.56. The smallest absolute Gasteiger partial charge is 0.278 e. The van der Waals surface area contributed by atoms with Crippen molar-refractivity contribution in [3.05, 3.63) is 66.4 Å². The second-order valence-corrected chi connectivity index (χ2v) is 5.63. The van der Waals surface area contributed by atoms with Gasteiger partial charge in [-0.1, -0.05) is 18.2 Å². The van der Waals surface area contributed by atoms with Gasteiger partial charge in [0, 0.05) is 13.7 Å². The number of furan rings is 1. The van der Waals surface area contributed by atoms with Gasteiger partial charge >= 0.3 is 0 Å². The van der Waals surface area contributed by atoms with Gasteiger partial charge in [-0.15, -0.1) is 0 Å². The molecule has 0 aliphatic rings. The van der Waals surface area contributed by atoms with Gasteiger partial charge in [0.2, 0.25) is 0 Å². The second-order valence-electron chi connectivity index (χ2n) is 5.63. The normalized spacial score (nSPS) is 10.7. The highest BCUT2D eigenvalue weighted by molar-refractivity contribution is 5.95. The van der Waals surface area contributed by atoms with Crippen molar-refractivity contribution in [2.75, 3.05) is 27.4 Å². The number of benzene rings is 1. The van der Waals surface area contributed by atoms with Crippen molar-refractivity contribution in [2.24, 2.45) is 0 Å². The second kappa shape index (κ2) is 8.35. The Bertz CT molecular complexity index is 828. The molecule has 0 spiro atoms. The van der Waals surface area contributed by atoms with Crippen LogP contribution in [0.2, 0.25) is 0 Å². The summed E-state index contributed by atoms with van der Waals surface area (Å²) in [5.74, 6) is 0.863. The Morgan fingerprint density at radius 1 is 1.19 bits per heavy atom. The summed E-state index contributed by atoms with van der Waals surface area (Å²) in [5, 5.41) is 4.44. The van der Waals surface area contributed by atoms with Crippen LogP contribution in [0.5, 0.6) is 5.75 Å². The van der Waals surface area contributed by atoms with E-state index in [1.54, 1.807) is 35.2 Å². The Balaban J connectivity index is 1.89. The number of hydrogen-bond acceptors (Lipinski definition) is 5. The first kappa shape index (κ1) is 17.8. The van der Waals surface area contributed by atoms with E-state index in [1.807, 2.05) is 36.4 Å². The third-order valence-electron chi connectivity index (χ3n) is 3.90. The molecule has 0 saturated heterocycles. The summed E-state index contributed by atoms with van der Waals surface area (Å²) < 4.78 is 17.5. The molecule has 0 bridgehead atoms. The molecule has 0 unspecified atom stereocenters. The van der Waals surface area contributed by atoms with Crippen molar-refractivity contribution in [2.45, 2.75) is 6.54 Å². The van der Waals surface area contributed by atoms with Crippen LogP contribution >= 0.6 is 0 Å². The third kappa shape index (κ3) is 3.94. The lowest BCUT2D eigenvalue weighted by atomic mass is 10.3. The largest absolute Gasteiger partial charge is 0.493 e. The van der Waals surface area contributed by atoms with Gasteiger partial charge in [-0.3, -0.25) is 4.79 Å². The molecule has 0 radical (unpaired) electrons. The molecule has 1 aromatic carbocycles. The summed E-state index contributed by atoms with van der Waals surface area (Å²) in [6.45, 7) is 1.15. The number of para-hydroxylation sites is 1. The Hall–Kier alpha value is -3.06. The topological polar surface area (TPSA) is 69.7 Å². The first-order chi connectivity index (χ1) is 12.7. The summed E-state index contributed by atoms with van der Waals surface area (Å²) in [7, 11) is 3.12. The van der Waals surface area contributed by atoms with Gasteiger partial charge < -0.3 is 18.8 Å². The minimum atomic E-state index is -0.245. The molecule has 0 fully saturated rings. The molecule has 136 valence electrons. The van der Waals surface area contributed by atoms with Gasteiger partial charge in [0.15, 0.2) is 11.4 Å². The molecule has 3 aromatic rings. The summed E-state index contributed by atoms with van der Waals surface area (Å²) in [6, 6.07) is 13.2. The van der Waals surface area contributed by atoms with E-state index in [0.29, 0.717) is 31.2 Å². The summed E-state index contributed by atoms with van der Waals surface area (Å²) in [6.07, 6.45) is 3.28. The molecular weight excluding hydrogens is 334 g/mol. The van der Waals surface area contributed by atoms with Crippen LogP contribution in [-0.4, -0.2) is 48.0 Å². The first-order valence-electron chi connectivity index (χ1n) is 8.22. The Morgan fingerprint density at radius 2 is 2.00 bits per heavy atom. The van der Waals surface area contributed by atoms with E-state index in [2.05, 4.69) is 5.10 Å². The Kier molecular flexibility index (Phi) is 5.70. The fraction of sp³-hybridized carbons (Fsp3) is 0.263. The van der Waals surface area contributed by atoms with E-state index in [-0.39, 0.29) is 11.6 Å². The number of ether oxygens (including phenoxy) is 2. The Labute approximate surface area is 151 Å². The van der Waals surface area contributed by atoms with Crippen LogP contribution in [0.15, 0.2) is 59.3 Å². The average molecular weight is 355 g/mol. The lowest BCUT2D eigenvalue weighted by Crippen LogP contribution is -2.34. The molecule has 7 heteroatoms. The molecule has 2 aromatic heterocycles. The van der Waals surface area contributed by atoms with Gasteiger partial charge in [-0.2, -0.15) is 5.10 Å². The highest BCUT2D eigenvalue weighted by atomic mass is 16.5. The molecule has 26 heavy (non-hydrogen) atoms. The van der Waals surface area contributed by atoms with Crippen LogP contribution in [0.1, 0.15) is 16.2 Å². The number of nitrogens with zero attached hydrogens (tertiary/aromatic N) is 3. The van der Waals surface area contributed by atoms with Crippen molar-refractivity contribution < 1.29 is 18.7 Å². The average Bonchev–Trinajstić information content (AvgIpc) is 3.34. The predicted octanol–water partition coefficient (Wildman–Crippen LogP) is 2.76. The number of aromatic nitrogens is 2. The van der Waals surface area contributed by atoms with Crippen LogP contribution in [0.25, 0.3) is 5.69 Å². The zero-order valence-electron chi connectivity index (χ0n) is 14.8. The van der Waals surface area contributed by atoms with E-state index in [9.17, 15) is 4.79 Å². The van der Waals surface area contributed by atoms with Crippen LogP contribution in [0, 0.1) is 0 Å². The predicted molar refractivity (Wildman–Crippen MR) is 95.4 cm³/mol. The number of rotatable bonds is 8. The van der Waals surface area contributed by atoms with Crippen LogP contribution in [0.4, 0.5) is 0 Å². The molecule has 3 rings (SSSR count). The van der Waals surface area contributed by atoms with E-state index in [1.165, 1.54) is 7.11 Å². The van der Waals surface area contributed by atoms with E-state index in [4.69, 9.17) is 13.9 Å². The number of amides is 1. The van der Waals surface area contributed by atoms with Crippen molar-refractivity contribution in [3.63, 3.8) is 0 Å². The monoisotopic (exact) mass is 355 g/mol. The minimum Gasteiger partial charge on any atom is -0.493 e. The molecule has 0 saturated carbocycles. The van der Waals surface area contributed by atoms with Gasteiger partial charge in [-0.05, 0) is 24.3 Å². The fourth-order valence-electron chi connectivity index (χ4n) is 2.56. The van der Waals surface area contributed by atoms with Gasteiger partial charge in [-0.25, -0.2) is 4.68 Å². The lowest BCUT2D eigenvalue weighted by Gasteiger charge is -2.20. The summed E-state index contributed by atoms with van der Waals surface area (Å²) in [5.41, 5.74) is 1.10. The highest BCUT2D eigenvalue weighted by Crippen LogP contribution is 2.22. The maximum absolute atomic E-state index is 13.1. The number of carbonyl (C=O) groups is 1.